The molecule has 0 fully saturated rings. The van der Waals surface area contributed by atoms with Gasteiger partial charge in [0.1, 0.15) is 0 Å². The van der Waals surface area contributed by atoms with Crippen molar-refractivity contribution >= 4 is 76.2 Å². The zero-order valence-corrected chi connectivity index (χ0v) is 14.5. The maximum atomic E-state index is 8.65. The summed E-state index contributed by atoms with van der Waals surface area (Å²) in [5.74, 6) is 0. The summed E-state index contributed by atoms with van der Waals surface area (Å²) in [6.45, 7) is 0. The predicted octanol–water partition coefficient (Wildman–Crippen LogP) is -3.38. The van der Waals surface area contributed by atoms with Crippen molar-refractivity contribution in [2.45, 2.75) is 0 Å². The van der Waals surface area contributed by atoms with Crippen LogP contribution in [0, 0.1) is 0 Å². The van der Waals surface area contributed by atoms with Crippen LogP contribution in [-0.4, -0.2) is 76.2 Å². The summed E-state index contributed by atoms with van der Waals surface area (Å²) in [7, 11) is 0. The fourth-order valence-corrected chi connectivity index (χ4v) is 0. The molecule has 0 amide bonds. The fourth-order valence-electron chi connectivity index (χ4n) is 0. The van der Waals surface area contributed by atoms with Crippen LogP contribution in [0.1, 0.15) is 0 Å². The monoisotopic (exact) mass is 594 g/mol. The second kappa shape index (κ2) is 6.82. The van der Waals surface area contributed by atoms with E-state index in [-0.39, 0.29) is 76.2 Å². The Morgan fingerprint density at radius 2 is 1.14 bits per heavy atom. The molecule has 0 aromatic heterocycles. The van der Waals surface area contributed by atoms with Gasteiger partial charge in [0.2, 0.25) is 0 Å². The molecule has 0 aromatic rings. The molecule has 0 rings (SSSR count). The van der Waals surface area contributed by atoms with E-state index < -0.39 is 16.7 Å². The van der Waals surface area contributed by atoms with E-state index in [4.69, 9.17) is 14.3 Å². The largest absolute Gasteiger partial charge is 0 e. The van der Waals surface area contributed by atoms with Crippen LogP contribution >= 0.6 is 0 Å². The molecule has 0 saturated carbocycles. The number of hydrogen-bond acceptors (Lipinski definition) is 4. The number of hydrogen-bond donors (Lipinski definition) is 0. The molecular weight excluding hydrogens is 592 g/mol. The molecule has 0 heterocycles. The second-order valence-electron chi connectivity index (χ2n) is 0.408. The van der Waals surface area contributed by atoms with Gasteiger partial charge in [0.15, 0.2) is 0 Å². The van der Waals surface area contributed by atoms with Crippen LogP contribution in [0.15, 0.2) is 0 Å². The molecular formula is BaO4PbW. The SMILES string of the molecule is [Ba+2].[O]=[W](=[O])([O-])[O-].[Pb]. The Bertz CT molecular complexity index is 94.9. The van der Waals surface area contributed by atoms with Crippen molar-refractivity contribution in [3.63, 3.8) is 0 Å². The molecule has 0 saturated heterocycles. The van der Waals surface area contributed by atoms with Gasteiger partial charge in [-0.2, -0.15) is 0 Å². The van der Waals surface area contributed by atoms with Crippen LogP contribution in [0.2, 0.25) is 0 Å². The first-order chi connectivity index (χ1) is 2.00. The van der Waals surface area contributed by atoms with Crippen molar-refractivity contribution < 1.29 is 31.1 Å². The van der Waals surface area contributed by atoms with E-state index in [1.807, 2.05) is 0 Å². The molecule has 0 aromatic carbocycles. The fraction of sp³-hybridized carbons (Fsp3) is 0. The molecule has 4 nitrogen and oxygen atoms in total. The summed E-state index contributed by atoms with van der Waals surface area (Å²) in [4.78, 5) is 0. The van der Waals surface area contributed by atoms with Crippen LogP contribution in [0.4, 0.5) is 0 Å². The minimum Gasteiger partial charge on any atom is 0 e. The van der Waals surface area contributed by atoms with Gasteiger partial charge in [0.05, 0.1) is 0 Å². The minimum atomic E-state index is -6.17. The Kier molecular flexibility index (Phi) is 15.9. The maximum absolute atomic E-state index is 8.65. The van der Waals surface area contributed by atoms with Gasteiger partial charge in [0, 0.05) is 27.3 Å². The van der Waals surface area contributed by atoms with E-state index >= 15 is 0 Å². The Hall–Kier alpha value is 2.70. The molecule has 0 aliphatic carbocycles. The van der Waals surface area contributed by atoms with E-state index in [0.717, 1.165) is 0 Å². The van der Waals surface area contributed by atoms with Gasteiger partial charge in [-0.3, -0.25) is 0 Å². The van der Waals surface area contributed by atoms with E-state index in [1.54, 1.807) is 0 Å². The van der Waals surface area contributed by atoms with Crippen molar-refractivity contribution in [2.75, 3.05) is 0 Å². The molecule has 0 unspecified atom stereocenters. The standard InChI is InChI=1S/Ba.4O.Pb.W/q+2;;;2*-1;;. The van der Waals surface area contributed by atoms with E-state index in [0.29, 0.717) is 0 Å². The summed E-state index contributed by atoms with van der Waals surface area (Å²) in [5.41, 5.74) is 0. The Balaban J connectivity index is -0.0000000800. The summed E-state index contributed by atoms with van der Waals surface area (Å²) < 4.78 is 34.6. The zero-order valence-electron chi connectivity index (χ0n) is 3.25. The second-order valence-corrected chi connectivity index (χ2v) is 3.34. The normalized spacial score (nSPS) is 8.29. The van der Waals surface area contributed by atoms with E-state index in [9.17, 15) is 0 Å². The van der Waals surface area contributed by atoms with E-state index in [1.165, 1.54) is 0 Å². The van der Waals surface area contributed by atoms with Gasteiger partial charge in [-0.1, -0.05) is 0 Å². The predicted molar refractivity (Wildman–Crippen MR) is 12.9 cm³/mol. The summed E-state index contributed by atoms with van der Waals surface area (Å²) in [5, 5.41) is 0. The first-order valence-corrected chi connectivity index (χ1v) is 5.46. The Labute approximate surface area is 105 Å². The first kappa shape index (κ1) is 16.4. The molecule has 7 heteroatoms. The summed E-state index contributed by atoms with van der Waals surface area (Å²) in [6.07, 6.45) is 0. The minimum absolute atomic E-state index is 0. The van der Waals surface area contributed by atoms with Crippen LogP contribution in [-0.2, 0) is 23.5 Å². The van der Waals surface area contributed by atoms with E-state index in [2.05, 4.69) is 0 Å². The zero-order chi connectivity index (χ0) is 4.50. The van der Waals surface area contributed by atoms with Gasteiger partial charge in [-0.25, -0.2) is 0 Å². The van der Waals surface area contributed by atoms with Crippen LogP contribution in [0.25, 0.3) is 0 Å². The molecule has 4 radical (unpaired) electrons. The van der Waals surface area contributed by atoms with Gasteiger partial charge in [-0.15, -0.1) is 0 Å². The Morgan fingerprint density at radius 3 is 1.14 bits per heavy atom. The van der Waals surface area contributed by atoms with Crippen molar-refractivity contribution in [2.24, 2.45) is 0 Å². The van der Waals surface area contributed by atoms with Gasteiger partial charge >= 0.3 is 79.9 Å². The van der Waals surface area contributed by atoms with Crippen LogP contribution < -0.4 is 7.52 Å². The molecule has 36 valence electrons. The molecule has 0 N–H and O–H groups in total. The smallest absolute Gasteiger partial charge is 0 e. The molecule has 0 atom stereocenters. The van der Waals surface area contributed by atoms with Crippen molar-refractivity contribution in [3.05, 3.63) is 0 Å². The third-order valence-corrected chi connectivity index (χ3v) is 0. The Morgan fingerprint density at radius 1 is 1.14 bits per heavy atom. The quantitative estimate of drug-likeness (QED) is 0.275. The van der Waals surface area contributed by atoms with Crippen molar-refractivity contribution in [1.82, 2.24) is 0 Å². The van der Waals surface area contributed by atoms with Gasteiger partial charge < -0.3 is 0 Å². The third kappa shape index (κ3) is 53.5. The number of rotatable bonds is 0. The first-order valence-electron chi connectivity index (χ1n) is 0.667. The summed E-state index contributed by atoms with van der Waals surface area (Å²) in [6, 6.07) is 0. The van der Waals surface area contributed by atoms with Crippen molar-refractivity contribution in [1.29, 1.82) is 0 Å². The molecule has 7 heavy (non-hydrogen) atoms. The van der Waals surface area contributed by atoms with Crippen LogP contribution in [0.3, 0.4) is 0 Å². The molecule has 0 aliphatic rings. The molecule has 0 bridgehead atoms. The van der Waals surface area contributed by atoms with Gasteiger partial charge in [0.25, 0.3) is 0 Å². The van der Waals surface area contributed by atoms with Gasteiger partial charge in [-0.05, 0) is 0 Å². The third-order valence-electron chi connectivity index (χ3n) is 0. The average Bonchev–Trinajstić information content (AvgIpc) is 0.722. The molecule has 0 spiro atoms. The topological polar surface area (TPSA) is 80.3 Å². The van der Waals surface area contributed by atoms with Crippen molar-refractivity contribution in [3.8, 4) is 0 Å². The van der Waals surface area contributed by atoms with Crippen LogP contribution in [0.5, 0.6) is 0 Å². The summed E-state index contributed by atoms with van der Waals surface area (Å²) >= 11 is -6.17. The average molecular weight is 592 g/mol. The molecule has 0 aliphatic heterocycles. The maximum Gasteiger partial charge on any atom is 0 e.